The lowest BCUT2D eigenvalue weighted by atomic mass is 10.1. The third kappa shape index (κ3) is 4.20. The Balaban J connectivity index is 2.27. The van der Waals surface area contributed by atoms with Crippen LogP contribution in [0.3, 0.4) is 0 Å². The summed E-state index contributed by atoms with van der Waals surface area (Å²) >= 11 is 5.64. The number of carbonyl (C=O) groups is 1. The summed E-state index contributed by atoms with van der Waals surface area (Å²) < 4.78 is 43.8. The van der Waals surface area contributed by atoms with Crippen LogP contribution in [0.4, 0.5) is 13.2 Å². The molecule has 0 spiro atoms. The summed E-state index contributed by atoms with van der Waals surface area (Å²) in [6.07, 6.45) is -3.23. The summed E-state index contributed by atoms with van der Waals surface area (Å²) in [6.45, 7) is 0.458. The number of alkyl halides is 3. The summed E-state index contributed by atoms with van der Waals surface area (Å²) in [5.41, 5.74) is 4.33. The molecule has 122 valence electrons. The van der Waals surface area contributed by atoms with Crippen LogP contribution in [-0.2, 0) is 12.6 Å². The molecule has 0 saturated carbocycles. The molecule has 0 radical (unpaired) electrons. The number of ether oxygens (including phenoxy) is 1. The van der Waals surface area contributed by atoms with Crippen molar-refractivity contribution in [2.75, 3.05) is 6.54 Å². The first-order valence-electron chi connectivity index (χ1n) is 6.56. The summed E-state index contributed by atoms with van der Waals surface area (Å²) in [5, 5.41) is -0.565. The van der Waals surface area contributed by atoms with Crippen molar-refractivity contribution in [3.8, 4) is 5.75 Å². The van der Waals surface area contributed by atoms with Crippen molar-refractivity contribution in [2.24, 2.45) is 5.73 Å². The van der Waals surface area contributed by atoms with Crippen LogP contribution in [0.1, 0.15) is 21.5 Å². The van der Waals surface area contributed by atoms with Gasteiger partial charge in [0.1, 0.15) is 16.5 Å². The Hall–Kier alpha value is -2.12. The third-order valence-corrected chi connectivity index (χ3v) is 3.27. The zero-order chi connectivity index (χ0) is 17.0. The molecular weight excluding hydrogens is 333 g/mol. The lowest BCUT2D eigenvalue weighted by molar-refractivity contribution is -0.138. The number of nitrogens with zero attached hydrogens (tertiary/aromatic N) is 1. The second-order valence-corrected chi connectivity index (χ2v) is 4.95. The van der Waals surface area contributed by atoms with E-state index in [9.17, 15) is 18.0 Å². The molecule has 1 aromatic carbocycles. The minimum Gasteiger partial charge on any atom is -0.423 e. The van der Waals surface area contributed by atoms with E-state index >= 15 is 0 Å². The molecule has 0 atom stereocenters. The van der Waals surface area contributed by atoms with Gasteiger partial charge in [-0.3, -0.25) is 0 Å². The van der Waals surface area contributed by atoms with Crippen LogP contribution in [0, 0.1) is 0 Å². The second kappa shape index (κ2) is 6.97. The maximum atomic E-state index is 13.0. The SMILES string of the molecule is NCCc1ccc(OC(=O)c2c(C(F)(F)F)ccnc2Cl)cc1. The highest BCUT2D eigenvalue weighted by Gasteiger charge is 2.37. The summed E-state index contributed by atoms with van der Waals surface area (Å²) in [7, 11) is 0. The fourth-order valence-electron chi connectivity index (χ4n) is 1.92. The van der Waals surface area contributed by atoms with Gasteiger partial charge >= 0.3 is 12.1 Å². The molecule has 2 aromatic rings. The van der Waals surface area contributed by atoms with Gasteiger partial charge in [0, 0.05) is 6.20 Å². The van der Waals surface area contributed by atoms with Crippen LogP contribution in [-0.4, -0.2) is 17.5 Å². The molecule has 0 saturated heterocycles. The number of hydrogen-bond acceptors (Lipinski definition) is 4. The molecule has 0 bridgehead atoms. The Morgan fingerprint density at radius 3 is 2.43 bits per heavy atom. The maximum absolute atomic E-state index is 13.0. The predicted octanol–water partition coefficient (Wildman–Crippen LogP) is 3.47. The van der Waals surface area contributed by atoms with E-state index in [2.05, 4.69) is 4.98 Å². The van der Waals surface area contributed by atoms with Crippen LogP contribution in [0.15, 0.2) is 36.5 Å². The average Bonchev–Trinajstić information content (AvgIpc) is 2.48. The van der Waals surface area contributed by atoms with Crippen molar-refractivity contribution < 1.29 is 22.7 Å². The predicted molar refractivity (Wildman–Crippen MR) is 78.4 cm³/mol. The number of rotatable bonds is 4. The summed E-state index contributed by atoms with van der Waals surface area (Å²) in [4.78, 5) is 15.6. The van der Waals surface area contributed by atoms with E-state index in [1.54, 1.807) is 12.1 Å². The van der Waals surface area contributed by atoms with E-state index in [4.69, 9.17) is 22.1 Å². The monoisotopic (exact) mass is 344 g/mol. The average molecular weight is 345 g/mol. The van der Waals surface area contributed by atoms with Gasteiger partial charge in [-0.1, -0.05) is 23.7 Å². The van der Waals surface area contributed by atoms with E-state index in [1.807, 2.05) is 0 Å². The van der Waals surface area contributed by atoms with E-state index in [-0.39, 0.29) is 5.75 Å². The van der Waals surface area contributed by atoms with Crippen LogP contribution in [0.5, 0.6) is 5.75 Å². The summed E-state index contributed by atoms with van der Waals surface area (Å²) in [6, 6.07) is 6.96. The van der Waals surface area contributed by atoms with E-state index in [0.29, 0.717) is 19.0 Å². The smallest absolute Gasteiger partial charge is 0.417 e. The Morgan fingerprint density at radius 2 is 1.87 bits per heavy atom. The van der Waals surface area contributed by atoms with Crippen molar-refractivity contribution in [3.05, 3.63) is 58.4 Å². The molecule has 0 aliphatic heterocycles. The first-order chi connectivity index (χ1) is 10.8. The van der Waals surface area contributed by atoms with Crippen molar-refractivity contribution in [1.82, 2.24) is 4.98 Å². The Morgan fingerprint density at radius 1 is 1.22 bits per heavy atom. The molecule has 23 heavy (non-hydrogen) atoms. The Labute approximate surface area is 135 Å². The number of aromatic nitrogens is 1. The van der Waals surface area contributed by atoms with Crippen molar-refractivity contribution in [1.29, 1.82) is 0 Å². The van der Waals surface area contributed by atoms with Gasteiger partial charge in [0.05, 0.1) is 5.56 Å². The van der Waals surface area contributed by atoms with Gasteiger partial charge in [0.15, 0.2) is 0 Å². The third-order valence-electron chi connectivity index (χ3n) is 2.98. The van der Waals surface area contributed by atoms with E-state index in [1.165, 1.54) is 12.1 Å². The van der Waals surface area contributed by atoms with Crippen molar-refractivity contribution in [3.63, 3.8) is 0 Å². The van der Waals surface area contributed by atoms with Crippen molar-refractivity contribution >= 4 is 17.6 Å². The van der Waals surface area contributed by atoms with Gasteiger partial charge in [-0.05, 0) is 36.7 Å². The minimum absolute atomic E-state index is 0.101. The molecule has 1 aromatic heterocycles. The van der Waals surface area contributed by atoms with Gasteiger partial charge in [0.2, 0.25) is 0 Å². The van der Waals surface area contributed by atoms with Crippen molar-refractivity contribution in [2.45, 2.75) is 12.6 Å². The first-order valence-corrected chi connectivity index (χ1v) is 6.93. The molecule has 8 heteroatoms. The topological polar surface area (TPSA) is 65.2 Å². The number of hydrogen-bond donors (Lipinski definition) is 1. The van der Waals surface area contributed by atoms with Crippen LogP contribution >= 0.6 is 11.6 Å². The Bertz CT molecular complexity index is 703. The quantitative estimate of drug-likeness (QED) is 0.524. The number of pyridine rings is 1. The van der Waals surface area contributed by atoms with E-state index in [0.717, 1.165) is 11.8 Å². The Kier molecular flexibility index (Phi) is 5.23. The van der Waals surface area contributed by atoms with Crippen LogP contribution in [0.25, 0.3) is 0 Å². The lowest BCUT2D eigenvalue weighted by Gasteiger charge is -2.13. The molecule has 0 unspecified atom stereocenters. The molecule has 2 N–H and O–H groups in total. The van der Waals surface area contributed by atoms with Gasteiger partial charge < -0.3 is 10.5 Å². The highest BCUT2D eigenvalue weighted by Crippen LogP contribution is 2.34. The second-order valence-electron chi connectivity index (χ2n) is 4.59. The largest absolute Gasteiger partial charge is 0.423 e. The van der Waals surface area contributed by atoms with Gasteiger partial charge in [-0.25, -0.2) is 9.78 Å². The molecule has 0 amide bonds. The molecule has 0 aliphatic carbocycles. The van der Waals surface area contributed by atoms with Gasteiger partial charge in [-0.15, -0.1) is 0 Å². The zero-order valence-corrected chi connectivity index (χ0v) is 12.5. The highest BCUT2D eigenvalue weighted by molar-refractivity contribution is 6.32. The first kappa shape index (κ1) is 17.2. The lowest BCUT2D eigenvalue weighted by Crippen LogP contribution is -2.18. The van der Waals surface area contributed by atoms with Crippen LogP contribution in [0.2, 0.25) is 5.15 Å². The maximum Gasteiger partial charge on any atom is 0.417 e. The number of benzene rings is 1. The number of esters is 1. The highest BCUT2D eigenvalue weighted by atomic mass is 35.5. The van der Waals surface area contributed by atoms with E-state index < -0.39 is 28.4 Å². The summed E-state index contributed by atoms with van der Waals surface area (Å²) in [5.74, 6) is -1.12. The normalized spacial score (nSPS) is 11.3. The molecule has 1 heterocycles. The fourth-order valence-corrected chi connectivity index (χ4v) is 2.15. The van der Waals surface area contributed by atoms with Gasteiger partial charge in [0.25, 0.3) is 0 Å². The minimum atomic E-state index is -4.74. The number of halogens is 4. The molecule has 2 rings (SSSR count). The molecule has 4 nitrogen and oxygen atoms in total. The number of nitrogens with two attached hydrogens (primary N) is 1. The number of carbonyl (C=O) groups excluding carboxylic acids is 1. The molecular formula is C15H12ClF3N2O2. The molecule has 0 aliphatic rings. The van der Waals surface area contributed by atoms with Gasteiger partial charge in [-0.2, -0.15) is 13.2 Å². The zero-order valence-electron chi connectivity index (χ0n) is 11.7. The van der Waals surface area contributed by atoms with Crippen LogP contribution < -0.4 is 10.5 Å². The fraction of sp³-hybridized carbons (Fsp3) is 0.200. The standard InChI is InChI=1S/C15H12ClF3N2O2/c16-13-12(11(6-8-21-13)15(17,18)19)14(22)23-10-3-1-9(2-4-10)5-7-20/h1-4,6,8H,5,7,20H2. The molecule has 0 fully saturated rings.